The lowest BCUT2D eigenvalue weighted by atomic mass is 10.0. The first-order chi connectivity index (χ1) is 18.6. The standard InChI is InChI=1S/C30H44N4O5/c1-7-9-10-11-17-26(35)39-27(20(3)4)29(37)32-22(6)30(38)34-18-13-16-25(33-34)28(36)31-21(5)24-15-12-14-23(8-2)19-24/h7-8,12,14-15,19-22,25,27,33H,1-2,9-11,13,16-18H2,3-6H3,(H,31,36)(H,32,37)/t21-,22+,25+,27?/m1/s1. The molecule has 1 unspecified atom stereocenters. The molecule has 0 spiro atoms. The van der Waals surface area contributed by atoms with Crippen LogP contribution in [-0.4, -0.2) is 53.4 Å². The van der Waals surface area contributed by atoms with Crippen molar-refractivity contribution in [1.82, 2.24) is 21.1 Å². The van der Waals surface area contributed by atoms with Gasteiger partial charge in [-0.2, -0.15) is 0 Å². The lowest BCUT2D eigenvalue weighted by Crippen LogP contribution is -2.61. The molecule has 0 bridgehead atoms. The van der Waals surface area contributed by atoms with Crippen LogP contribution in [0.5, 0.6) is 0 Å². The summed E-state index contributed by atoms with van der Waals surface area (Å²) in [6.45, 7) is 14.9. The zero-order chi connectivity index (χ0) is 28.9. The van der Waals surface area contributed by atoms with Gasteiger partial charge >= 0.3 is 5.97 Å². The Bertz CT molecular complexity index is 1020. The number of unbranched alkanes of at least 4 members (excludes halogenated alkanes) is 2. The molecule has 0 aromatic heterocycles. The zero-order valence-corrected chi connectivity index (χ0v) is 23.7. The summed E-state index contributed by atoms with van der Waals surface area (Å²) in [5.74, 6) is -1.80. The molecule has 214 valence electrons. The summed E-state index contributed by atoms with van der Waals surface area (Å²) in [6, 6.07) is 6.09. The van der Waals surface area contributed by atoms with Crippen molar-refractivity contribution in [3.63, 3.8) is 0 Å². The van der Waals surface area contributed by atoms with E-state index in [9.17, 15) is 19.2 Å². The van der Waals surface area contributed by atoms with Gasteiger partial charge in [0, 0.05) is 13.0 Å². The lowest BCUT2D eigenvalue weighted by Gasteiger charge is -2.35. The predicted octanol–water partition coefficient (Wildman–Crippen LogP) is 3.82. The predicted molar refractivity (Wildman–Crippen MR) is 152 cm³/mol. The molecule has 2 rings (SSSR count). The number of esters is 1. The molecule has 1 fully saturated rings. The van der Waals surface area contributed by atoms with E-state index in [1.807, 2.05) is 31.2 Å². The zero-order valence-electron chi connectivity index (χ0n) is 23.7. The molecule has 0 aliphatic carbocycles. The Morgan fingerprint density at radius 2 is 1.87 bits per heavy atom. The van der Waals surface area contributed by atoms with Crippen LogP contribution in [0.15, 0.2) is 43.5 Å². The average molecular weight is 541 g/mol. The Morgan fingerprint density at radius 1 is 1.13 bits per heavy atom. The fourth-order valence-electron chi connectivity index (χ4n) is 4.33. The number of benzene rings is 1. The third-order valence-corrected chi connectivity index (χ3v) is 6.66. The highest BCUT2D eigenvalue weighted by atomic mass is 16.5. The Balaban J connectivity index is 1.91. The number of hydrogen-bond donors (Lipinski definition) is 3. The summed E-state index contributed by atoms with van der Waals surface area (Å²) >= 11 is 0. The highest BCUT2D eigenvalue weighted by molar-refractivity contribution is 5.90. The number of ether oxygens (including phenoxy) is 1. The van der Waals surface area contributed by atoms with Gasteiger partial charge in [0.2, 0.25) is 5.91 Å². The van der Waals surface area contributed by atoms with Crippen LogP contribution in [0.2, 0.25) is 0 Å². The number of nitrogens with one attached hydrogen (secondary N) is 3. The van der Waals surface area contributed by atoms with E-state index < -0.39 is 30.1 Å². The van der Waals surface area contributed by atoms with Crippen molar-refractivity contribution in [2.45, 2.75) is 90.4 Å². The van der Waals surface area contributed by atoms with Crippen molar-refractivity contribution < 1.29 is 23.9 Å². The molecular weight excluding hydrogens is 496 g/mol. The minimum absolute atomic E-state index is 0.208. The summed E-state index contributed by atoms with van der Waals surface area (Å²) in [4.78, 5) is 51.2. The van der Waals surface area contributed by atoms with Crippen LogP contribution in [0.4, 0.5) is 0 Å². The van der Waals surface area contributed by atoms with Crippen LogP contribution in [-0.2, 0) is 23.9 Å². The van der Waals surface area contributed by atoms with Crippen LogP contribution in [0.3, 0.4) is 0 Å². The minimum Gasteiger partial charge on any atom is -0.452 e. The Kier molecular flexibility index (Phi) is 12.9. The summed E-state index contributed by atoms with van der Waals surface area (Å²) in [6.07, 6.45) is 6.28. The average Bonchev–Trinajstić information content (AvgIpc) is 2.93. The number of hydrazine groups is 1. The van der Waals surface area contributed by atoms with E-state index in [-0.39, 0.29) is 30.2 Å². The highest BCUT2D eigenvalue weighted by Crippen LogP contribution is 2.17. The largest absolute Gasteiger partial charge is 0.452 e. The first-order valence-corrected chi connectivity index (χ1v) is 13.8. The molecule has 9 nitrogen and oxygen atoms in total. The molecule has 3 amide bonds. The Morgan fingerprint density at radius 3 is 2.54 bits per heavy atom. The van der Waals surface area contributed by atoms with Crippen molar-refractivity contribution in [3.8, 4) is 0 Å². The maximum atomic E-state index is 13.1. The van der Waals surface area contributed by atoms with Crippen molar-refractivity contribution in [2.24, 2.45) is 5.92 Å². The van der Waals surface area contributed by atoms with Crippen LogP contribution in [0, 0.1) is 5.92 Å². The summed E-state index contributed by atoms with van der Waals surface area (Å²) < 4.78 is 5.44. The summed E-state index contributed by atoms with van der Waals surface area (Å²) in [7, 11) is 0. The second-order valence-electron chi connectivity index (χ2n) is 10.3. The number of allylic oxidation sites excluding steroid dienone is 1. The number of amides is 3. The second kappa shape index (κ2) is 15.8. The number of hydrogen-bond acceptors (Lipinski definition) is 6. The quantitative estimate of drug-likeness (QED) is 0.188. The van der Waals surface area contributed by atoms with Crippen LogP contribution in [0.1, 0.15) is 83.4 Å². The van der Waals surface area contributed by atoms with E-state index >= 15 is 0 Å². The third-order valence-electron chi connectivity index (χ3n) is 6.66. The van der Waals surface area contributed by atoms with Crippen LogP contribution in [0.25, 0.3) is 6.08 Å². The lowest BCUT2D eigenvalue weighted by molar-refractivity contribution is -0.159. The molecule has 3 N–H and O–H groups in total. The molecule has 0 radical (unpaired) electrons. The number of carbonyl (C=O) groups excluding carboxylic acids is 4. The fraction of sp³-hybridized carbons (Fsp3) is 0.533. The third kappa shape index (κ3) is 9.98. The van der Waals surface area contributed by atoms with Gasteiger partial charge in [-0.25, -0.2) is 5.43 Å². The minimum atomic E-state index is -0.999. The molecule has 9 heteroatoms. The van der Waals surface area contributed by atoms with Gasteiger partial charge in [0.25, 0.3) is 11.8 Å². The maximum absolute atomic E-state index is 13.1. The SMILES string of the molecule is C=CCCCCC(=O)OC(C(=O)N[C@@H](C)C(=O)N1CCC[C@@H](C(=O)N[C@H](C)c2cccc(C=C)c2)N1)C(C)C. The Hall–Kier alpha value is -3.46. The molecular formula is C30H44N4O5. The van der Waals surface area contributed by atoms with Gasteiger partial charge in [-0.3, -0.25) is 24.2 Å². The molecule has 1 aliphatic heterocycles. The van der Waals surface area contributed by atoms with Crippen molar-refractivity contribution in [1.29, 1.82) is 0 Å². The van der Waals surface area contributed by atoms with Crippen molar-refractivity contribution >= 4 is 29.8 Å². The van der Waals surface area contributed by atoms with Gasteiger partial charge in [0.1, 0.15) is 12.1 Å². The van der Waals surface area contributed by atoms with E-state index in [1.54, 1.807) is 32.9 Å². The molecule has 0 saturated carbocycles. The highest BCUT2D eigenvalue weighted by Gasteiger charge is 2.33. The van der Waals surface area contributed by atoms with E-state index in [0.717, 1.165) is 24.0 Å². The monoisotopic (exact) mass is 540 g/mol. The second-order valence-corrected chi connectivity index (χ2v) is 10.3. The molecule has 1 heterocycles. The van der Waals surface area contributed by atoms with Gasteiger partial charge in [-0.05, 0) is 69.1 Å². The topological polar surface area (TPSA) is 117 Å². The van der Waals surface area contributed by atoms with Gasteiger partial charge < -0.3 is 15.4 Å². The summed E-state index contributed by atoms with van der Waals surface area (Å²) in [5, 5.41) is 7.07. The molecule has 1 aliphatic rings. The van der Waals surface area contributed by atoms with Crippen LogP contribution < -0.4 is 16.1 Å². The van der Waals surface area contributed by atoms with E-state index in [0.29, 0.717) is 25.8 Å². The molecule has 39 heavy (non-hydrogen) atoms. The Labute approximate surface area is 232 Å². The molecule has 1 aromatic carbocycles. The van der Waals surface area contributed by atoms with Crippen molar-refractivity contribution in [2.75, 3.05) is 6.54 Å². The maximum Gasteiger partial charge on any atom is 0.306 e. The van der Waals surface area contributed by atoms with Gasteiger partial charge in [-0.15, -0.1) is 6.58 Å². The van der Waals surface area contributed by atoms with Gasteiger partial charge in [0.15, 0.2) is 6.10 Å². The fourth-order valence-corrected chi connectivity index (χ4v) is 4.33. The number of rotatable bonds is 14. The van der Waals surface area contributed by atoms with E-state index in [2.05, 4.69) is 29.2 Å². The molecule has 4 atom stereocenters. The number of nitrogens with zero attached hydrogens (tertiary/aromatic N) is 1. The van der Waals surface area contributed by atoms with Gasteiger partial charge in [-0.1, -0.05) is 50.8 Å². The van der Waals surface area contributed by atoms with E-state index in [4.69, 9.17) is 4.74 Å². The summed E-state index contributed by atoms with van der Waals surface area (Å²) in [5.41, 5.74) is 4.94. The van der Waals surface area contributed by atoms with Crippen LogP contribution >= 0.6 is 0 Å². The van der Waals surface area contributed by atoms with Crippen molar-refractivity contribution in [3.05, 3.63) is 54.6 Å². The number of carbonyl (C=O) groups is 4. The molecule has 1 saturated heterocycles. The smallest absolute Gasteiger partial charge is 0.306 e. The first-order valence-electron chi connectivity index (χ1n) is 13.8. The first kappa shape index (κ1) is 31.8. The van der Waals surface area contributed by atoms with Gasteiger partial charge in [0.05, 0.1) is 6.04 Å². The van der Waals surface area contributed by atoms with E-state index in [1.165, 1.54) is 5.01 Å². The normalized spacial score (nSPS) is 17.5. The molecule has 1 aromatic rings.